The summed E-state index contributed by atoms with van der Waals surface area (Å²) in [5.74, 6) is 0. The summed E-state index contributed by atoms with van der Waals surface area (Å²) in [6.45, 7) is 1.12. The molecule has 78 valence electrons. The molecule has 0 aromatic heterocycles. The van der Waals surface area contributed by atoms with Crippen LogP contribution in [0.4, 0.5) is 0 Å². The van der Waals surface area contributed by atoms with Crippen molar-refractivity contribution in [1.82, 2.24) is 0 Å². The van der Waals surface area contributed by atoms with Crippen molar-refractivity contribution in [3.8, 4) is 0 Å². The van der Waals surface area contributed by atoms with Gasteiger partial charge in [-0.3, -0.25) is 8.37 Å². The summed E-state index contributed by atoms with van der Waals surface area (Å²) in [6.07, 6.45) is 8.20. The zero-order valence-electron chi connectivity index (χ0n) is 8.00. The van der Waals surface area contributed by atoms with Gasteiger partial charge in [-0.25, -0.2) is 0 Å². The highest BCUT2D eigenvalue weighted by molar-refractivity contribution is 7.75. The van der Waals surface area contributed by atoms with Crippen molar-refractivity contribution >= 4 is 11.4 Å². The summed E-state index contributed by atoms with van der Waals surface area (Å²) >= 11 is -1.50. The van der Waals surface area contributed by atoms with Gasteiger partial charge in [0.05, 0.1) is 13.2 Å². The molecular weight excluding hydrogens is 188 g/mol. The SMILES string of the molecule is O=S1OCCCCCCCCCO1. The van der Waals surface area contributed by atoms with Crippen LogP contribution in [0.25, 0.3) is 0 Å². The highest BCUT2D eigenvalue weighted by Crippen LogP contribution is 2.09. The van der Waals surface area contributed by atoms with Crippen LogP contribution < -0.4 is 0 Å². The van der Waals surface area contributed by atoms with Gasteiger partial charge in [0, 0.05) is 0 Å². The maximum atomic E-state index is 11.0. The van der Waals surface area contributed by atoms with E-state index in [9.17, 15) is 4.21 Å². The van der Waals surface area contributed by atoms with Gasteiger partial charge in [-0.2, -0.15) is 4.21 Å². The molecule has 0 aliphatic carbocycles. The first-order valence-corrected chi connectivity index (χ1v) is 6.08. The van der Waals surface area contributed by atoms with Crippen LogP contribution in [0.2, 0.25) is 0 Å². The van der Waals surface area contributed by atoms with Gasteiger partial charge < -0.3 is 0 Å². The van der Waals surface area contributed by atoms with E-state index in [-0.39, 0.29) is 0 Å². The third-order valence-electron chi connectivity index (χ3n) is 2.15. The summed E-state index contributed by atoms with van der Waals surface area (Å²) < 4.78 is 20.9. The highest BCUT2D eigenvalue weighted by Gasteiger charge is 2.02. The molecule has 0 spiro atoms. The molecule has 1 fully saturated rings. The van der Waals surface area contributed by atoms with Gasteiger partial charge >= 0.3 is 11.4 Å². The first-order chi connectivity index (χ1) is 6.39. The molecule has 0 aromatic rings. The molecule has 0 bridgehead atoms. The lowest BCUT2D eigenvalue weighted by atomic mass is 10.1. The van der Waals surface area contributed by atoms with Gasteiger partial charge in [-0.15, -0.1) is 0 Å². The second-order valence-corrected chi connectivity index (χ2v) is 4.20. The van der Waals surface area contributed by atoms with Crippen molar-refractivity contribution in [3.05, 3.63) is 0 Å². The molecule has 0 amide bonds. The molecule has 0 unspecified atom stereocenters. The smallest absolute Gasteiger partial charge is 0.268 e. The minimum Gasteiger partial charge on any atom is -0.268 e. The molecule has 1 saturated heterocycles. The molecule has 0 aromatic carbocycles. The molecule has 0 saturated carbocycles. The third-order valence-corrected chi connectivity index (χ3v) is 2.87. The predicted molar refractivity (Wildman–Crippen MR) is 52.4 cm³/mol. The summed E-state index contributed by atoms with van der Waals surface area (Å²) in [7, 11) is 0. The topological polar surface area (TPSA) is 35.5 Å². The van der Waals surface area contributed by atoms with Crippen LogP contribution >= 0.6 is 0 Å². The van der Waals surface area contributed by atoms with E-state index in [4.69, 9.17) is 8.37 Å². The van der Waals surface area contributed by atoms with E-state index in [1.54, 1.807) is 0 Å². The van der Waals surface area contributed by atoms with Crippen LogP contribution in [0.5, 0.6) is 0 Å². The number of rotatable bonds is 0. The van der Waals surface area contributed by atoms with E-state index in [2.05, 4.69) is 0 Å². The predicted octanol–water partition coefficient (Wildman–Crippen LogP) is 2.34. The Kier molecular flexibility index (Phi) is 6.41. The summed E-state index contributed by atoms with van der Waals surface area (Å²) in [4.78, 5) is 0. The molecule has 1 rings (SSSR count). The molecule has 13 heavy (non-hydrogen) atoms. The van der Waals surface area contributed by atoms with Gasteiger partial charge in [0.1, 0.15) is 0 Å². The summed E-state index contributed by atoms with van der Waals surface area (Å²) in [5, 5.41) is 0. The molecule has 1 aliphatic rings. The van der Waals surface area contributed by atoms with Crippen molar-refractivity contribution < 1.29 is 12.6 Å². The van der Waals surface area contributed by atoms with Gasteiger partial charge in [0.2, 0.25) is 0 Å². The Balaban J connectivity index is 2.14. The molecule has 0 radical (unpaired) electrons. The Morgan fingerprint density at radius 2 is 1.08 bits per heavy atom. The standard InChI is InChI=1S/C9H18O3S/c10-13-11-8-6-4-2-1-3-5-7-9-12-13/h1-9H2. The lowest BCUT2D eigenvalue weighted by Crippen LogP contribution is -2.05. The molecule has 3 nitrogen and oxygen atoms in total. The van der Waals surface area contributed by atoms with Crippen molar-refractivity contribution in [1.29, 1.82) is 0 Å². The summed E-state index contributed by atoms with van der Waals surface area (Å²) in [6, 6.07) is 0. The van der Waals surface area contributed by atoms with Crippen LogP contribution in [0.1, 0.15) is 44.9 Å². The van der Waals surface area contributed by atoms with Crippen molar-refractivity contribution in [2.75, 3.05) is 13.2 Å². The second kappa shape index (κ2) is 7.47. The fraction of sp³-hybridized carbons (Fsp3) is 1.00. The van der Waals surface area contributed by atoms with Crippen LogP contribution in [0, 0.1) is 0 Å². The molecule has 0 N–H and O–H groups in total. The van der Waals surface area contributed by atoms with E-state index in [1.165, 1.54) is 32.1 Å². The minimum atomic E-state index is -1.50. The van der Waals surface area contributed by atoms with Gasteiger partial charge in [0.15, 0.2) is 0 Å². The van der Waals surface area contributed by atoms with Crippen LogP contribution in [0.3, 0.4) is 0 Å². The zero-order valence-corrected chi connectivity index (χ0v) is 8.81. The Morgan fingerprint density at radius 1 is 0.692 bits per heavy atom. The molecule has 1 heterocycles. The third kappa shape index (κ3) is 6.18. The monoisotopic (exact) mass is 206 g/mol. The van der Waals surface area contributed by atoms with Crippen molar-refractivity contribution in [2.45, 2.75) is 44.9 Å². The van der Waals surface area contributed by atoms with Crippen LogP contribution in [-0.2, 0) is 19.7 Å². The van der Waals surface area contributed by atoms with E-state index >= 15 is 0 Å². The van der Waals surface area contributed by atoms with Gasteiger partial charge in [0.25, 0.3) is 0 Å². The van der Waals surface area contributed by atoms with Gasteiger partial charge in [-0.1, -0.05) is 32.1 Å². The van der Waals surface area contributed by atoms with E-state index in [0.29, 0.717) is 13.2 Å². The first-order valence-electron chi connectivity index (χ1n) is 5.08. The minimum absolute atomic E-state index is 0.562. The van der Waals surface area contributed by atoms with Crippen LogP contribution in [-0.4, -0.2) is 17.4 Å². The highest BCUT2D eigenvalue weighted by atomic mass is 32.2. The molecule has 4 heteroatoms. The zero-order chi connectivity index (χ0) is 9.36. The Bertz CT molecular complexity index is 136. The van der Waals surface area contributed by atoms with Gasteiger partial charge in [-0.05, 0) is 12.8 Å². The normalized spacial score (nSPS) is 24.6. The Hall–Kier alpha value is 0.0700. The molecule has 0 atom stereocenters. The fourth-order valence-corrected chi connectivity index (χ4v) is 1.95. The first kappa shape index (κ1) is 11.1. The maximum absolute atomic E-state index is 11.0. The number of hydrogen-bond acceptors (Lipinski definition) is 3. The Labute approximate surface area is 82.7 Å². The maximum Gasteiger partial charge on any atom is 0.304 e. The second-order valence-electron chi connectivity index (χ2n) is 3.32. The summed E-state index contributed by atoms with van der Waals surface area (Å²) in [5.41, 5.74) is 0. The van der Waals surface area contributed by atoms with Crippen molar-refractivity contribution in [2.24, 2.45) is 0 Å². The average molecular weight is 206 g/mol. The molecule has 1 aliphatic heterocycles. The lowest BCUT2D eigenvalue weighted by molar-refractivity contribution is 0.237. The quantitative estimate of drug-likeness (QED) is 0.610. The average Bonchev–Trinajstić information content (AvgIpc) is 2.11. The Morgan fingerprint density at radius 3 is 1.54 bits per heavy atom. The molecular formula is C9H18O3S. The van der Waals surface area contributed by atoms with Crippen molar-refractivity contribution in [3.63, 3.8) is 0 Å². The van der Waals surface area contributed by atoms with E-state index in [1.807, 2.05) is 0 Å². The number of hydrogen-bond donors (Lipinski definition) is 0. The van der Waals surface area contributed by atoms with E-state index in [0.717, 1.165) is 12.8 Å². The van der Waals surface area contributed by atoms with Crippen LogP contribution in [0.15, 0.2) is 0 Å². The lowest BCUT2D eigenvalue weighted by Gasteiger charge is -2.06. The van der Waals surface area contributed by atoms with E-state index < -0.39 is 11.4 Å². The fourth-order valence-electron chi connectivity index (χ4n) is 1.38. The largest absolute Gasteiger partial charge is 0.304 e.